The molecule has 0 saturated heterocycles. The van der Waals surface area contributed by atoms with Gasteiger partial charge in [0.2, 0.25) is 0 Å². The number of carbonyl (C=O) groups excluding carboxylic acids is 3. The fourth-order valence-corrected chi connectivity index (χ4v) is 6.43. The van der Waals surface area contributed by atoms with E-state index in [1.165, 1.54) is 70.6 Å². The van der Waals surface area contributed by atoms with Gasteiger partial charge in [-0.3, -0.25) is 9.59 Å². The highest BCUT2D eigenvalue weighted by Crippen LogP contribution is 2.14. The summed E-state index contributed by atoms with van der Waals surface area (Å²) in [5.41, 5.74) is 0. The number of quaternary nitrogens is 1. The molecule has 0 bridgehead atoms. The number of aliphatic carboxylic acids is 1. The number of esters is 2. The molecule has 324 valence electrons. The molecule has 2 atom stereocenters. The van der Waals surface area contributed by atoms with Crippen molar-refractivity contribution in [3.8, 4) is 0 Å². The van der Waals surface area contributed by atoms with Crippen molar-refractivity contribution in [2.24, 2.45) is 0 Å². The molecule has 0 aromatic heterocycles. The van der Waals surface area contributed by atoms with Crippen LogP contribution in [0, 0.1) is 0 Å². The topological polar surface area (TPSA) is 102 Å². The smallest absolute Gasteiger partial charge is 0.306 e. The highest BCUT2D eigenvalue weighted by atomic mass is 16.6. The molecule has 0 aromatic rings. The minimum Gasteiger partial charge on any atom is -0.544 e. The maximum atomic E-state index is 12.7. The zero-order valence-electron chi connectivity index (χ0n) is 36.8. The van der Waals surface area contributed by atoms with Crippen molar-refractivity contribution in [2.75, 3.05) is 41.0 Å². The average molecular weight is 788 g/mol. The first-order valence-corrected chi connectivity index (χ1v) is 22.7. The molecule has 56 heavy (non-hydrogen) atoms. The molecule has 0 aliphatic heterocycles. The fraction of sp³-hybridized carbons (Fsp3) is 0.771. The van der Waals surface area contributed by atoms with Crippen LogP contribution in [0.2, 0.25) is 0 Å². The molecule has 0 saturated carbocycles. The predicted octanol–water partition coefficient (Wildman–Crippen LogP) is 11.1. The van der Waals surface area contributed by atoms with Crippen LogP contribution in [0.15, 0.2) is 48.6 Å². The molecule has 0 fully saturated rings. The Balaban J connectivity index is 4.36. The van der Waals surface area contributed by atoms with Crippen molar-refractivity contribution in [3.63, 3.8) is 0 Å². The van der Waals surface area contributed by atoms with Crippen LogP contribution >= 0.6 is 0 Å². The second-order valence-electron chi connectivity index (χ2n) is 16.3. The third-order valence-electron chi connectivity index (χ3n) is 9.95. The molecule has 0 aromatic carbocycles. The van der Waals surface area contributed by atoms with Crippen LogP contribution in [0.1, 0.15) is 187 Å². The summed E-state index contributed by atoms with van der Waals surface area (Å²) in [6, 6.07) is -0.729. The number of nitrogens with zero attached hydrogens (tertiary/aromatic N) is 1. The summed E-state index contributed by atoms with van der Waals surface area (Å²) >= 11 is 0. The van der Waals surface area contributed by atoms with Crippen molar-refractivity contribution < 1.29 is 38.2 Å². The largest absolute Gasteiger partial charge is 0.544 e. The molecule has 0 aliphatic carbocycles. The molecule has 0 N–H and O–H groups in total. The Morgan fingerprint density at radius 1 is 0.554 bits per heavy atom. The van der Waals surface area contributed by atoms with Crippen LogP contribution in [0.4, 0.5) is 0 Å². The van der Waals surface area contributed by atoms with E-state index < -0.39 is 18.1 Å². The van der Waals surface area contributed by atoms with Crippen LogP contribution < -0.4 is 5.11 Å². The molecule has 0 aliphatic rings. The number of hydrogen-bond donors (Lipinski definition) is 0. The minimum absolute atomic E-state index is 0.0336. The third kappa shape index (κ3) is 36.9. The summed E-state index contributed by atoms with van der Waals surface area (Å²) in [7, 11) is 5.40. The molecule has 8 nitrogen and oxygen atoms in total. The van der Waals surface area contributed by atoms with Gasteiger partial charge in [-0.1, -0.05) is 146 Å². The molecular formula is C48H85NO7. The number of hydrogen-bond acceptors (Lipinski definition) is 7. The van der Waals surface area contributed by atoms with Crippen molar-refractivity contribution >= 4 is 17.9 Å². The lowest BCUT2D eigenvalue weighted by molar-refractivity contribution is -0.889. The number of carboxylic acid groups (broad SMARTS) is 1. The van der Waals surface area contributed by atoms with E-state index in [0.717, 1.165) is 83.5 Å². The lowest BCUT2D eigenvalue weighted by atomic mass is 10.1. The van der Waals surface area contributed by atoms with Crippen LogP contribution in [0.25, 0.3) is 0 Å². The molecule has 2 unspecified atom stereocenters. The van der Waals surface area contributed by atoms with Gasteiger partial charge in [0.25, 0.3) is 0 Å². The Labute approximate surface area is 344 Å². The lowest BCUT2D eigenvalue weighted by Gasteiger charge is -2.34. The number of likely N-dealkylation sites (N-methyl/N-ethyl adjacent to an activating group) is 1. The summed E-state index contributed by atoms with van der Waals surface area (Å²) in [5.74, 6) is -1.76. The molecule has 0 amide bonds. The Bertz CT molecular complexity index is 1060. The van der Waals surface area contributed by atoms with Crippen molar-refractivity contribution in [3.05, 3.63) is 48.6 Å². The van der Waals surface area contributed by atoms with Gasteiger partial charge in [-0.25, -0.2) is 0 Å². The van der Waals surface area contributed by atoms with Crippen LogP contribution in [-0.2, 0) is 28.6 Å². The van der Waals surface area contributed by atoms with E-state index in [2.05, 4.69) is 62.5 Å². The van der Waals surface area contributed by atoms with Gasteiger partial charge >= 0.3 is 11.9 Å². The van der Waals surface area contributed by atoms with Gasteiger partial charge in [0, 0.05) is 19.3 Å². The quantitative estimate of drug-likeness (QED) is 0.0264. The Hall–Kier alpha value is -2.71. The standard InChI is InChI=1S/C48H85NO7/c1-6-8-10-12-14-16-18-20-22-23-25-27-29-31-33-35-37-39-47(51)56-44(42-54-41-40-45(48(52)53)49(3,4)5)43-55-46(50)38-36-34-32-30-28-26-24-21-19-17-15-13-11-9-7-2/h8,10,14,16,20-22,24,44-45H,6-7,9,11-13,15,17-19,23,25-43H2,1-5H3/b10-8-,16-14-,22-20-,24-21-. The summed E-state index contributed by atoms with van der Waals surface area (Å²) in [4.78, 5) is 36.9. The minimum atomic E-state index is -1.13. The second kappa shape index (κ2) is 39.1. The van der Waals surface area contributed by atoms with Gasteiger partial charge in [0.15, 0.2) is 6.10 Å². The summed E-state index contributed by atoms with van der Waals surface area (Å²) < 4.78 is 17.2. The number of carboxylic acids is 1. The first-order chi connectivity index (χ1) is 27.1. The second-order valence-corrected chi connectivity index (χ2v) is 16.3. The Kier molecular flexibility index (Phi) is 37.2. The number of allylic oxidation sites excluding steroid dienone is 8. The number of ether oxygens (including phenoxy) is 3. The van der Waals surface area contributed by atoms with Gasteiger partial charge < -0.3 is 28.6 Å². The predicted molar refractivity (Wildman–Crippen MR) is 231 cm³/mol. The van der Waals surface area contributed by atoms with E-state index in [0.29, 0.717) is 12.8 Å². The average Bonchev–Trinajstić information content (AvgIpc) is 3.15. The van der Waals surface area contributed by atoms with E-state index in [4.69, 9.17) is 14.2 Å². The first-order valence-electron chi connectivity index (χ1n) is 22.7. The Morgan fingerprint density at radius 2 is 1.00 bits per heavy atom. The SMILES string of the molecule is CC/C=C\C/C=C\C/C=C\CCCCCCCCCC(=O)OC(COCCC(C(=O)[O-])[N+](C)(C)C)COC(=O)CCCCCCC/C=C\CCCCCCCC. The van der Waals surface area contributed by atoms with E-state index >= 15 is 0 Å². The number of rotatable bonds is 40. The normalized spacial score (nSPS) is 13.4. The van der Waals surface area contributed by atoms with Crippen molar-refractivity contribution in [1.29, 1.82) is 0 Å². The lowest BCUT2D eigenvalue weighted by Crippen LogP contribution is -2.55. The van der Waals surface area contributed by atoms with E-state index in [1.54, 1.807) is 21.1 Å². The van der Waals surface area contributed by atoms with Gasteiger partial charge in [-0.15, -0.1) is 0 Å². The summed E-state index contributed by atoms with van der Waals surface area (Å²) in [6.45, 7) is 4.53. The summed E-state index contributed by atoms with van der Waals surface area (Å²) in [6.07, 6.45) is 45.6. The zero-order valence-corrected chi connectivity index (χ0v) is 36.8. The maximum Gasteiger partial charge on any atom is 0.306 e. The van der Waals surface area contributed by atoms with Crippen LogP contribution in [0.3, 0.4) is 0 Å². The van der Waals surface area contributed by atoms with Crippen molar-refractivity contribution in [1.82, 2.24) is 0 Å². The molecular weight excluding hydrogens is 703 g/mol. The Morgan fingerprint density at radius 3 is 1.50 bits per heavy atom. The van der Waals surface area contributed by atoms with Gasteiger partial charge in [-0.2, -0.15) is 0 Å². The number of carbonyl (C=O) groups is 3. The molecule has 0 spiro atoms. The first kappa shape index (κ1) is 53.3. The number of unbranched alkanes of at least 4 members (excludes halogenated alkanes) is 18. The van der Waals surface area contributed by atoms with E-state index in [9.17, 15) is 19.5 Å². The van der Waals surface area contributed by atoms with Crippen LogP contribution in [0.5, 0.6) is 0 Å². The van der Waals surface area contributed by atoms with Gasteiger partial charge in [-0.05, 0) is 70.6 Å². The molecule has 0 heterocycles. The maximum absolute atomic E-state index is 12.7. The highest BCUT2D eigenvalue weighted by molar-refractivity contribution is 5.70. The van der Waals surface area contributed by atoms with Gasteiger partial charge in [0.05, 0.1) is 40.3 Å². The van der Waals surface area contributed by atoms with E-state index in [1.807, 2.05) is 0 Å². The van der Waals surface area contributed by atoms with Crippen molar-refractivity contribution in [2.45, 2.75) is 199 Å². The monoisotopic (exact) mass is 788 g/mol. The van der Waals surface area contributed by atoms with E-state index in [-0.39, 0.29) is 42.7 Å². The molecule has 0 radical (unpaired) electrons. The zero-order chi connectivity index (χ0) is 41.4. The van der Waals surface area contributed by atoms with Crippen LogP contribution in [-0.4, -0.2) is 75.5 Å². The third-order valence-corrected chi connectivity index (χ3v) is 9.95. The highest BCUT2D eigenvalue weighted by Gasteiger charge is 2.25. The molecule has 0 rings (SSSR count). The fourth-order valence-electron chi connectivity index (χ4n) is 6.43. The van der Waals surface area contributed by atoms with Gasteiger partial charge in [0.1, 0.15) is 12.6 Å². The summed E-state index contributed by atoms with van der Waals surface area (Å²) in [5, 5.41) is 11.6. The molecule has 8 heteroatoms.